The number of hydrogen-bond donors (Lipinski definition) is 1. The number of piperazine rings is 1. The summed E-state index contributed by atoms with van der Waals surface area (Å²) in [5.41, 5.74) is -0.512. The summed E-state index contributed by atoms with van der Waals surface area (Å²) in [6, 6.07) is 0. The molecule has 1 N–H and O–H groups in total. The highest BCUT2D eigenvalue weighted by Crippen LogP contribution is 2.11. The Bertz CT molecular complexity index is 381. The van der Waals surface area contributed by atoms with Crippen LogP contribution in [0.25, 0.3) is 0 Å². The summed E-state index contributed by atoms with van der Waals surface area (Å²) in [6.45, 7) is 8.15. The van der Waals surface area contributed by atoms with Gasteiger partial charge in [0.15, 0.2) is 0 Å². The molecule has 0 atom stereocenters. The van der Waals surface area contributed by atoms with Gasteiger partial charge in [0.1, 0.15) is 5.60 Å². The van der Waals surface area contributed by atoms with Crippen molar-refractivity contribution < 1.29 is 24.2 Å². The molecule has 0 radical (unpaired) electrons. The van der Waals surface area contributed by atoms with Crippen LogP contribution in [0.5, 0.6) is 0 Å². The third-order valence-corrected chi connectivity index (χ3v) is 2.92. The maximum absolute atomic E-state index is 11.8. The van der Waals surface area contributed by atoms with Crippen LogP contribution in [0.15, 0.2) is 0 Å². The van der Waals surface area contributed by atoms with Crippen LogP contribution in [0.3, 0.4) is 0 Å². The van der Waals surface area contributed by atoms with E-state index in [4.69, 9.17) is 9.84 Å². The van der Waals surface area contributed by atoms with Crippen molar-refractivity contribution in [2.75, 3.05) is 32.7 Å². The van der Waals surface area contributed by atoms with Gasteiger partial charge >= 0.3 is 12.1 Å². The number of carboxylic acids is 1. The Labute approximate surface area is 118 Å². The van der Waals surface area contributed by atoms with E-state index in [2.05, 4.69) is 0 Å². The molecule has 114 valence electrons. The van der Waals surface area contributed by atoms with Gasteiger partial charge < -0.3 is 14.7 Å². The predicted molar refractivity (Wildman–Crippen MR) is 71.5 cm³/mol. The van der Waals surface area contributed by atoms with E-state index >= 15 is 0 Å². The molecular weight excluding hydrogens is 264 g/mol. The van der Waals surface area contributed by atoms with E-state index in [0.29, 0.717) is 32.7 Å². The lowest BCUT2D eigenvalue weighted by Crippen LogP contribution is -2.50. The van der Waals surface area contributed by atoms with Gasteiger partial charge in [-0.05, 0) is 20.8 Å². The number of Topliss-reactive ketones (excluding diaryl/α,β-unsaturated/α-hetero) is 1. The number of nitrogens with zero attached hydrogens (tertiary/aromatic N) is 2. The summed E-state index contributed by atoms with van der Waals surface area (Å²) < 4.78 is 5.28. The van der Waals surface area contributed by atoms with Crippen LogP contribution in [0, 0.1) is 0 Å². The van der Waals surface area contributed by atoms with E-state index in [9.17, 15) is 14.4 Å². The summed E-state index contributed by atoms with van der Waals surface area (Å²) in [6.07, 6.45) is -0.333. The van der Waals surface area contributed by atoms with Gasteiger partial charge in [-0.2, -0.15) is 0 Å². The fourth-order valence-electron chi connectivity index (χ4n) is 1.85. The normalized spacial score (nSPS) is 16.9. The van der Waals surface area contributed by atoms with Crippen LogP contribution in [-0.2, 0) is 14.3 Å². The fraction of sp³-hybridized carbons (Fsp3) is 0.769. The molecule has 0 aromatic rings. The Morgan fingerprint density at radius 3 is 2.10 bits per heavy atom. The summed E-state index contributed by atoms with van der Waals surface area (Å²) in [5.74, 6) is -2.17. The third-order valence-electron chi connectivity index (χ3n) is 2.92. The minimum absolute atomic E-state index is 0.00176. The molecule has 0 unspecified atom stereocenters. The van der Waals surface area contributed by atoms with Crippen molar-refractivity contribution in [2.45, 2.75) is 32.8 Å². The lowest BCUT2D eigenvalue weighted by atomic mass is 10.2. The zero-order valence-electron chi connectivity index (χ0n) is 12.2. The molecule has 0 saturated carbocycles. The Balaban J connectivity index is 2.31. The summed E-state index contributed by atoms with van der Waals surface area (Å²) in [4.78, 5) is 36.8. The molecule has 7 nitrogen and oxygen atoms in total. The van der Waals surface area contributed by atoms with Crippen molar-refractivity contribution >= 4 is 17.8 Å². The Morgan fingerprint density at radius 1 is 1.10 bits per heavy atom. The quantitative estimate of drug-likeness (QED) is 0.761. The van der Waals surface area contributed by atoms with Crippen LogP contribution in [0.1, 0.15) is 27.2 Å². The molecule has 1 aliphatic heterocycles. The first-order valence-corrected chi connectivity index (χ1v) is 6.65. The average molecular weight is 286 g/mol. The van der Waals surface area contributed by atoms with Crippen molar-refractivity contribution in [3.8, 4) is 0 Å². The van der Waals surface area contributed by atoms with E-state index in [1.54, 1.807) is 4.90 Å². The number of hydrogen-bond acceptors (Lipinski definition) is 5. The molecule has 0 aliphatic carbocycles. The van der Waals surface area contributed by atoms with Gasteiger partial charge in [0, 0.05) is 39.1 Å². The van der Waals surface area contributed by atoms with E-state index in [1.165, 1.54) is 0 Å². The van der Waals surface area contributed by atoms with Gasteiger partial charge in [-0.15, -0.1) is 0 Å². The number of carbonyl (C=O) groups is 3. The minimum Gasteiger partial charge on any atom is -0.476 e. The number of ether oxygens (including phenoxy) is 1. The summed E-state index contributed by atoms with van der Waals surface area (Å²) in [5, 5.41) is 8.50. The molecule has 0 bridgehead atoms. The van der Waals surface area contributed by atoms with Crippen LogP contribution < -0.4 is 0 Å². The number of carboxylic acid groups (broad SMARTS) is 1. The fourth-order valence-corrected chi connectivity index (χ4v) is 1.85. The topological polar surface area (TPSA) is 87.2 Å². The maximum atomic E-state index is 11.8. The van der Waals surface area contributed by atoms with Crippen molar-refractivity contribution in [1.82, 2.24) is 9.80 Å². The molecule has 0 aromatic heterocycles. The Hall–Kier alpha value is -1.63. The van der Waals surface area contributed by atoms with Gasteiger partial charge in [-0.1, -0.05) is 0 Å². The van der Waals surface area contributed by atoms with Crippen LogP contribution in [0.2, 0.25) is 0 Å². The SMILES string of the molecule is CC(C)(C)OC(=O)N1CCN(CCC(=O)C(=O)O)CC1. The zero-order chi connectivity index (χ0) is 15.3. The number of carbonyl (C=O) groups excluding carboxylic acids is 2. The lowest BCUT2D eigenvalue weighted by molar-refractivity contribution is -0.149. The number of amides is 1. The van der Waals surface area contributed by atoms with Gasteiger partial charge in [-0.3, -0.25) is 9.69 Å². The number of rotatable bonds is 4. The monoisotopic (exact) mass is 286 g/mol. The second kappa shape index (κ2) is 6.69. The molecule has 1 fully saturated rings. The second-order valence-electron chi connectivity index (χ2n) is 5.79. The van der Waals surface area contributed by atoms with Crippen LogP contribution in [0.4, 0.5) is 4.79 Å². The molecule has 1 rings (SSSR count). The molecule has 1 heterocycles. The number of ketones is 1. The first-order chi connectivity index (χ1) is 9.19. The Morgan fingerprint density at radius 2 is 1.65 bits per heavy atom. The van der Waals surface area contributed by atoms with Crippen molar-refractivity contribution in [3.63, 3.8) is 0 Å². The van der Waals surface area contributed by atoms with Gasteiger partial charge in [0.2, 0.25) is 5.78 Å². The maximum Gasteiger partial charge on any atom is 0.410 e. The first-order valence-electron chi connectivity index (χ1n) is 6.65. The molecule has 20 heavy (non-hydrogen) atoms. The highest BCUT2D eigenvalue weighted by molar-refractivity contribution is 6.32. The van der Waals surface area contributed by atoms with E-state index in [-0.39, 0.29) is 12.5 Å². The number of aliphatic carboxylic acids is 1. The zero-order valence-corrected chi connectivity index (χ0v) is 12.2. The van der Waals surface area contributed by atoms with E-state index in [0.717, 1.165) is 0 Å². The standard InChI is InChI=1S/C13H22N2O5/c1-13(2,3)20-12(19)15-8-6-14(7-9-15)5-4-10(16)11(17)18/h4-9H2,1-3H3,(H,17,18). The lowest BCUT2D eigenvalue weighted by Gasteiger charge is -2.35. The van der Waals surface area contributed by atoms with Gasteiger partial charge in [-0.25, -0.2) is 9.59 Å². The molecule has 7 heteroatoms. The first kappa shape index (κ1) is 16.4. The Kier molecular flexibility index (Phi) is 5.50. The summed E-state index contributed by atoms with van der Waals surface area (Å²) in [7, 11) is 0. The second-order valence-corrected chi connectivity index (χ2v) is 5.79. The molecular formula is C13H22N2O5. The molecule has 1 aliphatic rings. The molecule has 1 saturated heterocycles. The van der Waals surface area contributed by atoms with Crippen molar-refractivity contribution in [3.05, 3.63) is 0 Å². The molecule has 1 amide bonds. The smallest absolute Gasteiger partial charge is 0.410 e. The molecule has 0 spiro atoms. The van der Waals surface area contributed by atoms with Crippen LogP contribution >= 0.6 is 0 Å². The minimum atomic E-state index is -1.39. The largest absolute Gasteiger partial charge is 0.476 e. The van der Waals surface area contributed by atoms with Crippen molar-refractivity contribution in [2.24, 2.45) is 0 Å². The van der Waals surface area contributed by atoms with Crippen LogP contribution in [-0.4, -0.2) is 71.1 Å². The summed E-state index contributed by atoms with van der Waals surface area (Å²) >= 11 is 0. The molecule has 0 aromatic carbocycles. The van der Waals surface area contributed by atoms with Crippen molar-refractivity contribution in [1.29, 1.82) is 0 Å². The average Bonchev–Trinajstić information content (AvgIpc) is 2.34. The van der Waals surface area contributed by atoms with Gasteiger partial charge in [0.05, 0.1) is 0 Å². The van der Waals surface area contributed by atoms with E-state index < -0.39 is 17.4 Å². The predicted octanol–water partition coefficient (Wildman–Crippen LogP) is 0.583. The highest BCUT2D eigenvalue weighted by Gasteiger charge is 2.26. The highest BCUT2D eigenvalue weighted by atomic mass is 16.6. The van der Waals surface area contributed by atoms with E-state index in [1.807, 2.05) is 25.7 Å². The third kappa shape index (κ3) is 5.56. The van der Waals surface area contributed by atoms with Gasteiger partial charge in [0.25, 0.3) is 0 Å².